The van der Waals surface area contributed by atoms with Crippen LogP contribution in [0.15, 0.2) is 52.2 Å². The van der Waals surface area contributed by atoms with Gasteiger partial charge in [0.05, 0.1) is 23.0 Å². The fraction of sp³-hybridized carbons (Fsp3) is 0.409. The van der Waals surface area contributed by atoms with Crippen molar-refractivity contribution in [1.29, 1.82) is 0 Å². The molecule has 0 bridgehead atoms. The van der Waals surface area contributed by atoms with Crippen molar-refractivity contribution in [2.24, 2.45) is 14.1 Å². The van der Waals surface area contributed by atoms with Gasteiger partial charge in [0, 0.05) is 26.7 Å². The minimum atomic E-state index is -3.77. The topological polar surface area (TPSA) is 85.6 Å². The standard InChI is InChI=1S/C22H30N4O4S/c1-6-26(7-2)21(16-9-8-10-17(13-16)30-5)15-23-31(28,29)18-11-12-19-20(14-18)25(4)22(27)24(19)3/h8-14,21,23H,6-7,15H2,1-5H3. The van der Waals surface area contributed by atoms with Crippen molar-refractivity contribution >= 4 is 21.1 Å². The second-order valence-electron chi connectivity index (χ2n) is 7.42. The van der Waals surface area contributed by atoms with Crippen LogP contribution in [-0.2, 0) is 24.1 Å². The Morgan fingerprint density at radius 3 is 2.35 bits per heavy atom. The zero-order chi connectivity index (χ0) is 22.8. The summed E-state index contributed by atoms with van der Waals surface area (Å²) in [7, 11) is 1.14. The van der Waals surface area contributed by atoms with E-state index in [1.165, 1.54) is 21.3 Å². The Morgan fingerprint density at radius 1 is 1.03 bits per heavy atom. The van der Waals surface area contributed by atoms with Crippen LogP contribution >= 0.6 is 0 Å². The van der Waals surface area contributed by atoms with Gasteiger partial charge in [-0.25, -0.2) is 17.9 Å². The van der Waals surface area contributed by atoms with E-state index in [9.17, 15) is 13.2 Å². The molecule has 0 amide bonds. The lowest BCUT2D eigenvalue weighted by molar-refractivity contribution is 0.219. The van der Waals surface area contributed by atoms with Crippen LogP contribution in [0.3, 0.4) is 0 Å². The van der Waals surface area contributed by atoms with E-state index >= 15 is 0 Å². The van der Waals surface area contributed by atoms with Crippen molar-refractivity contribution in [2.75, 3.05) is 26.7 Å². The highest BCUT2D eigenvalue weighted by Gasteiger charge is 2.23. The predicted molar refractivity (Wildman–Crippen MR) is 122 cm³/mol. The molecule has 0 aliphatic rings. The van der Waals surface area contributed by atoms with E-state index in [1.807, 2.05) is 24.3 Å². The number of benzene rings is 2. The molecule has 0 radical (unpaired) electrons. The summed E-state index contributed by atoms with van der Waals surface area (Å²) in [5.41, 5.74) is 2.04. The van der Waals surface area contributed by atoms with Crippen molar-refractivity contribution < 1.29 is 13.2 Å². The normalized spacial score (nSPS) is 13.1. The van der Waals surface area contributed by atoms with E-state index in [1.54, 1.807) is 27.3 Å². The predicted octanol–water partition coefficient (Wildman–Crippen LogP) is 2.25. The lowest BCUT2D eigenvalue weighted by Gasteiger charge is -2.30. The molecule has 168 valence electrons. The van der Waals surface area contributed by atoms with E-state index < -0.39 is 10.0 Å². The van der Waals surface area contributed by atoms with Gasteiger partial charge in [0.1, 0.15) is 5.75 Å². The quantitative estimate of drug-likeness (QED) is 0.545. The summed E-state index contributed by atoms with van der Waals surface area (Å²) in [6, 6.07) is 12.3. The monoisotopic (exact) mass is 446 g/mol. The molecule has 1 aromatic heterocycles. The number of ether oxygens (including phenoxy) is 1. The first-order chi connectivity index (χ1) is 14.7. The number of imidazole rings is 1. The molecule has 0 fully saturated rings. The minimum Gasteiger partial charge on any atom is -0.497 e. The van der Waals surface area contributed by atoms with Gasteiger partial charge in [-0.05, 0) is 49.0 Å². The Hall–Kier alpha value is -2.62. The number of likely N-dealkylation sites (N-methyl/N-ethyl adjacent to an activating group) is 1. The Kier molecular flexibility index (Phi) is 6.88. The van der Waals surface area contributed by atoms with Crippen molar-refractivity contribution in [3.8, 4) is 5.75 Å². The maximum atomic E-state index is 13.1. The van der Waals surface area contributed by atoms with Gasteiger partial charge in [-0.15, -0.1) is 0 Å². The van der Waals surface area contributed by atoms with E-state index in [4.69, 9.17) is 4.74 Å². The highest BCUT2D eigenvalue weighted by molar-refractivity contribution is 7.89. The first kappa shape index (κ1) is 23.1. The molecular weight excluding hydrogens is 416 g/mol. The number of methoxy groups -OCH3 is 1. The van der Waals surface area contributed by atoms with E-state index in [-0.39, 0.29) is 23.2 Å². The van der Waals surface area contributed by atoms with Gasteiger partial charge in [0.2, 0.25) is 10.0 Å². The third-order valence-corrected chi connectivity index (χ3v) is 7.17. The van der Waals surface area contributed by atoms with Gasteiger partial charge in [0.25, 0.3) is 0 Å². The van der Waals surface area contributed by atoms with Crippen LogP contribution in [0.2, 0.25) is 0 Å². The van der Waals surface area contributed by atoms with Gasteiger partial charge in [-0.1, -0.05) is 26.0 Å². The largest absolute Gasteiger partial charge is 0.497 e. The van der Waals surface area contributed by atoms with Crippen LogP contribution in [0.4, 0.5) is 0 Å². The van der Waals surface area contributed by atoms with Crippen LogP contribution in [-0.4, -0.2) is 49.2 Å². The molecule has 8 nitrogen and oxygen atoms in total. The molecule has 0 spiro atoms. The van der Waals surface area contributed by atoms with Gasteiger partial charge < -0.3 is 4.74 Å². The number of aryl methyl sites for hydroxylation is 2. The summed E-state index contributed by atoms with van der Waals surface area (Å²) in [4.78, 5) is 14.5. The number of rotatable bonds is 9. The number of fused-ring (bicyclic) bond motifs is 1. The molecule has 1 atom stereocenters. The summed E-state index contributed by atoms with van der Waals surface area (Å²) in [5, 5.41) is 0. The highest BCUT2D eigenvalue weighted by Crippen LogP contribution is 2.25. The van der Waals surface area contributed by atoms with Crippen LogP contribution < -0.4 is 15.1 Å². The molecule has 2 aromatic carbocycles. The van der Waals surface area contributed by atoms with Gasteiger partial charge in [0.15, 0.2) is 0 Å². The van der Waals surface area contributed by atoms with E-state index in [0.29, 0.717) is 11.0 Å². The van der Waals surface area contributed by atoms with Crippen LogP contribution in [0, 0.1) is 0 Å². The number of sulfonamides is 1. The first-order valence-electron chi connectivity index (χ1n) is 10.3. The van der Waals surface area contributed by atoms with Crippen molar-refractivity contribution in [1.82, 2.24) is 18.8 Å². The van der Waals surface area contributed by atoms with E-state index in [0.717, 1.165) is 24.4 Å². The number of nitrogens with zero attached hydrogens (tertiary/aromatic N) is 3. The van der Waals surface area contributed by atoms with Gasteiger partial charge in [-0.2, -0.15) is 0 Å². The number of hydrogen-bond acceptors (Lipinski definition) is 5. The van der Waals surface area contributed by atoms with Gasteiger partial charge in [-0.3, -0.25) is 14.0 Å². The lowest BCUT2D eigenvalue weighted by atomic mass is 10.0. The Morgan fingerprint density at radius 2 is 1.71 bits per heavy atom. The van der Waals surface area contributed by atoms with Crippen LogP contribution in [0.1, 0.15) is 25.5 Å². The molecule has 31 heavy (non-hydrogen) atoms. The fourth-order valence-corrected chi connectivity index (χ4v) is 4.95. The minimum absolute atomic E-state index is 0.130. The summed E-state index contributed by atoms with van der Waals surface area (Å²) in [6.45, 7) is 5.86. The maximum absolute atomic E-state index is 13.1. The summed E-state index contributed by atoms with van der Waals surface area (Å²) >= 11 is 0. The summed E-state index contributed by atoms with van der Waals surface area (Å²) in [5.74, 6) is 0.730. The molecule has 0 aliphatic carbocycles. The zero-order valence-electron chi connectivity index (χ0n) is 18.6. The summed E-state index contributed by atoms with van der Waals surface area (Å²) in [6.07, 6.45) is 0. The van der Waals surface area contributed by atoms with Crippen molar-refractivity contribution in [3.63, 3.8) is 0 Å². The Bertz CT molecular complexity index is 1230. The van der Waals surface area contributed by atoms with Crippen molar-refractivity contribution in [2.45, 2.75) is 24.8 Å². The van der Waals surface area contributed by atoms with Gasteiger partial charge >= 0.3 is 5.69 Å². The van der Waals surface area contributed by atoms with Crippen LogP contribution in [0.25, 0.3) is 11.0 Å². The average Bonchev–Trinajstić information content (AvgIpc) is 3.00. The molecule has 1 unspecified atom stereocenters. The molecule has 3 rings (SSSR count). The lowest BCUT2D eigenvalue weighted by Crippen LogP contribution is -2.38. The molecule has 0 saturated heterocycles. The molecule has 9 heteroatoms. The summed E-state index contributed by atoms with van der Waals surface area (Å²) < 4.78 is 37.2. The Labute approximate surface area is 183 Å². The number of aromatic nitrogens is 2. The Balaban J connectivity index is 1.92. The second kappa shape index (κ2) is 9.25. The molecule has 3 aromatic rings. The third kappa shape index (κ3) is 4.53. The maximum Gasteiger partial charge on any atom is 0.328 e. The number of hydrogen-bond donors (Lipinski definition) is 1. The molecule has 0 saturated carbocycles. The molecule has 1 N–H and O–H groups in total. The zero-order valence-corrected chi connectivity index (χ0v) is 19.4. The first-order valence-corrected chi connectivity index (χ1v) is 11.7. The molecule has 0 aliphatic heterocycles. The SMILES string of the molecule is CCN(CC)C(CNS(=O)(=O)c1ccc2c(c1)n(C)c(=O)n2C)c1cccc(OC)c1. The average molecular weight is 447 g/mol. The second-order valence-corrected chi connectivity index (χ2v) is 9.18. The number of nitrogens with one attached hydrogen (secondary N) is 1. The van der Waals surface area contributed by atoms with Crippen molar-refractivity contribution in [3.05, 3.63) is 58.5 Å². The fourth-order valence-electron chi connectivity index (χ4n) is 3.90. The molecule has 1 heterocycles. The smallest absolute Gasteiger partial charge is 0.328 e. The highest BCUT2D eigenvalue weighted by atomic mass is 32.2. The van der Waals surface area contributed by atoms with Crippen LogP contribution in [0.5, 0.6) is 5.75 Å². The molecular formula is C22H30N4O4S. The van der Waals surface area contributed by atoms with E-state index in [2.05, 4.69) is 23.5 Å². The third-order valence-electron chi connectivity index (χ3n) is 5.75.